The number of carbonyl (C=O) groups is 2. The second kappa shape index (κ2) is 5.82. The minimum atomic E-state index is -1.58. The predicted molar refractivity (Wildman–Crippen MR) is 39.3 cm³/mol. The van der Waals surface area contributed by atoms with Crippen molar-refractivity contribution in [1.29, 1.82) is 0 Å². The third kappa shape index (κ3) is 3.56. The van der Waals surface area contributed by atoms with Crippen LogP contribution in [0.5, 0.6) is 0 Å². The molecular formula is C7H12O5. The van der Waals surface area contributed by atoms with Crippen LogP contribution in [0.2, 0.25) is 0 Å². The maximum absolute atomic E-state index is 10.2. The van der Waals surface area contributed by atoms with E-state index in [0.717, 1.165) is 0 Å². The van der Waals surface area contributed by atoms with E-state index in [9.17, 15) is 9.59 Å². The molecule has 0 aliphatic rings. The molecule has 0 saturated heterocycles. The molecule has 2 N–H and O–H groups in total. The van der Waals surface area contributed by atoms with Crippen molar-refractivity contribution in [3.05, 3.63) is 0 Å². The number of aliphatic hydroxyl groups is 2. The number of hydrogen-bond donors (Lipinski definition) is 2. The van der Waals surface area contributed by atoms with Gasteiger partial charge in [-0.1, -0.05) is 6.92 Å². The summed E-state index contributed by atoms with van der Waals surface area (Å²) in [6, 6.07) is 0. The average Bonchev–Trinajstić information content (AvgIpc) is 2.12. The van der Waals surface area contributed by atoms with Crippen LogP contribution in [0.4, 0.5) is 0 Å². The van der Waals surface area contributed by atoms with Crippen LogP contribution in [0.25, 0.3) is 0 Å². The van der Waals surface area contributed by atoms with Gasteiger partial charge in [0.1, 0.15) is 6.29 Å². The predicted octanol–water partition coefficient (Wildman–Crippen LogP) is -1.28. The minimum absolute atomic E-state index is 0.181. The van der Waals surface area contributed by atoms with Crippen LogP contribution in [-0.4, -0.2) is 41.8 Å². The number of aldehydes is 2. The summed E-state index contributed by atoms with van der Waals surface area (Å²) in [5.74, 6) is -0.551. The van der Waals surface area contributed by atoms with Gasteiger partial charge in [0.2, 0.25) is 6.29 Å². The van der Waals surface area contributed by atoms with E-state index in [0.29, 0.717) is 6.29 Å². The Bertz CT molecular complexity index is 147. The zero-order valence-corrected chi connectivity index (χ0v) is 6.71. The summed E-state index contributed by atoms with van der Waals surface area (Å²) in [5, 5.41) is 17.3. The molecule has 0 fully saturated rings. The van der Waals surface area contributed by atoms with Crippen LogP contribution in [0.3, 0.4) is 0 Å². The molecule has 0 aromatic heterocycles. The van der Waals surface area contributed by atoms with Crippen molar-refractivity contribution in [2.45, 2.75) is 19.3 Å². The van der Waals surface area contributed by atoms with Gasteiger partial charge in [0.05, 0.1) is 12.7 Å². The molecular weight excluding hydrogens is 164 g/mol. The van der Waals surface area contributed by atoms with E-state index in [2.05, 4.69) is 4.74 Å². The Balaban J connectivity index is 3.97. The summed E-state index contributed by atoms with van der Waals surface area (Å²) >= 11 is 0. The fraction of sp³-hybridized carbons (Fsp3) is 0.714. The quantitative estimate of drug-likeness (QED) is 0.389. The van der Waals surface area contributed by atoms with Gasteiger partial charge in [-0.15, -0.1) is 0 Å². The minimum Gasteiger partial charge on any atom is -0.394 e. The molecule has 5 heteroatoms. The molecule has 0 spiro atoms. The van der Waals surface area contributed by atoms with Crippen molar-refractivity contribution >= 4 is 12.6 Å². The number of aliphatic hydroxyl groups excluding tert-OH is 2. The van der Waals surface area contributed by atoms with E-state index in [1.807, 2.05) is 0 Å². The summed E-state index contributed by atoms with van der Waals surface area (Å²) in [7, 11) is 0. The molecule has 0 radical (unpaired) electrons. The van der Waals surface area contributed by atoms with E-state index in [1.54, 1.807) is 0 Å². The molecule has 3 atom stereocenters. The van der Waals surface area contributed by atoms with Gasteiger partial charge in [-0.05, 0) is 0 Å². The van der Waals surface area contributed by atoms with Crippen LogP contribution in [0.1, 0.15) is 6.92 Å². The van der Waals surface area contributed by atoms with Crippen molar-refractivity contribution in [1.82, 2.24) is 0 Å². The third-order valence-electron chi connectivity index (χ3n) is 1.41. The zero-order chi connectivity index (χ0) is 9.56. The maximum Gasteiger partial charge on any atom is 0.212 e. The number of ether oxygens (including phenoxy) is 1. The van der Waals surface area contributed by atoms with E-state index < -0.39 is 24.9 Å². The van der Waals surface area contributed by atoms with Crippen LogP contribution in [-0.2, 0) is 14.3 Å². The molecule has 5 nitrogen and oxygen atoms in total. The molecule has 0 saturated carbocycles. The fourth-order valence-electron chi connectivity index (χ4n) is 0.632. The Labute approximate surface area is 70.0 Å². The fourth-order valence-corrected chi connectivity index (χ4v) is 0.632. The second-order valence-corrected chi connectivity index (χ2v) is 2.38. The molecule has 0 unspecified atom stereocenters. The first-order valence-electron chi connectivity index (χ1n) is 3.50. The molecule has 0 aliphatic heterocycles. The maximum atomic E-state index is 10.2. The Kier molecular flexibility index (Phi) is 5.44. The molecule has 0 heterocycles. The number of carbonyl (C=O) groups excluding carboxylic acids is 2. The lowest BCUT2D eigenvalue weighted by Gasteiger charge is -2.18. The Hall–Kier alpha value is -0.780. The van der Waals surface area contributed by atoms with Crippen molar-refractivity contribution < 1.29 is 24.5 Å². The normalized spacial score (nSPS) is 17.9. The van der Waals surface area contributed by atoms with Crippen molar-refractivity contribution in [3.8, 4) is 0 Å². The first kappa shape index (κ1) is 11.2. The van der Waals surface area contributed by atoms with E-state index >= 15 is 0 Å². The first-order chi connectivity index (χ1) is 5.65. The average molecular weight is 176 g/mol. The van der Waals surface area contributed by atoms with E-state index in [1.165, 1.54) is 6.92 Å². The lowest BCUT2D eigenvalue weighted by molar-refractivity contribution is -0.167. The van der Waals surface area contributed by atoms with Crippen molar-refractivity contribution in [2.24, 2.45) is 5.92 Å². The summed E-state index contributed by atoms with van der Waals surface area (Å²) in [4.78, 5) is 20.1. The first-order valence-corrected chi connectivity index (χ1v) is 3.50. The molecule has 0 aromatic carbocycles. The Morgan fingerprint density at radius 2 is 2.00 bits per heavy atom. The van der Waals surface area contributed by atoms with Gasteiger partial charge in [-0.2, -0.15) is 0 Å². The molecule has 0 aromatic rings. The number of rotatable bonds is 6. The van der Waals surface area contributed by atoms with E-state index in [-0.39, 0.29) is 6.29 Å². The SMILES string of the molecule is C[C@@H](C=O)[C@@H](CO)O[C@H](O)C=O. The van der Waals surface area contributed by atoms with Gasteiger partial charge < -0.3 is 19.7 Å². The van der Waals surface area contributed by atoms with Gasteiger partial charge in [0, 0.05) is 5.92 Å². The lowest BCUT2D eigenvalue weighted by Crippen LogP contribution is -2.32. The second-order valence-electron chi connectivity index (χ2n) is 2.38. The van der Waals surface area contributed by atoms with Gasteiger partial charge in [0.25, 0.3) is 0 Å². The van der Waals surface area contributed by atoms with Gasteiger partial charge in [-0.3, -0.25) is 4.79 Å². The van der Waals surface area contributed by atoms with Crippen LogP contribution < -0.4 is 0 Å². The Morgan fingerprint density at radius 3 is 2.33 bits per heavy atom. The van der Waals surface area contributed by atoms with Crippen molar-refractivity contribution in [2.75, 3.05) is 6.61 Å². The largest absolute Gasteiger partial charge is 0.394 e. The monoisotopic (exact) mass is 176 g/mol. The molecule has 0 rings (SSSR count). The highest BCUT2D eigenvalue weighted by molar-refractivity contribution is 5.55. The van der Waals surface area contributed by atoms with Gasteiger partial charge >= 0.3 is 0 Å². The molecule has 12 heavy (non-hydrogen) atoms. The molecule has 70 valence electrons. The van der Waals surface area contributed by atoms with Crippen LogP contribution >= 0.6 is 0 Å². The zero-order valence-electron chi connectivity index (χ0n) is 6.71. The van der Waals surface area contributed by atoms with E-state index in [4.69, 9.17) is 10.2 Å². The lowest BCUT2D eigenvalue weighted by atomic mass is 10.1. The molecule has 0 amide bonds. The summed E-state index contributed by atoms with van der Waals surface area (Å²) in [6.45, 7) is 1.11. The number of hydrogen-bond acceptors (Lipinski definition) is 5. The summed E-state index contributed by atoms with van der Waals surface area (Å²) in [5.41, 5.74) is 0. The molecule has 0 aliphatic carbocycles. The smallest absolute Gasteiger partial charge is 0.212 e. The van der Waals surface area contributed by atoms with Gasteiger partial charge in [-0.25, -0.2) is 0 Å². The molecule has 0 bridgehead atoms. The van der Waals surface area contributed by atoms with Crippen molar-refractivity contribution in [3.63, 3.8) is 0 Å². The summed E-state index contributed by atoms with van der Waals surface area (Å²) < 4.78 is 4.61. The topological polar surface area (TPSA) is 83.8 Å². The van der Waals surface area contributed by atoms with Gasteiger partial charge in [0.15, 0.2) is 6.29 Å². The standard InChI is InChI=1S/C7H12O5/c1-5(2-8)6(3-9)12-7(11)4-10/h2,4-7,9,11H,3H2,1H3/t5-,6+,7-/m0/s1. The Morgan fingerprint density at radius 1 is 1.42 bits per heavy atom. The highest BCUT2D eigenvalue weighted by Crippen LogP contribution is 2.05. The third-order valence-corrected chi connectivity index (χ3v) is 1.41. The summed E-state index contributed by atoms with van der Waals surface area (Å²) in [6.07, 6.45) is -1.65. The van der Waals surface area contributed by atoms with Crippen LogP contribution in [0.15, 0.2) is 0 Å². The highest BCUT2D eigenvalue weighted by atomic mass is 16.6. The highest BCUT2D eigenvalue weighted by Gasteiger charge is 2.19. The van der Waals surface area contributed by atoms with Crippen LogP contribution in [0, 0.1) is 5.92 Å².